The Morgan fingerprint density at radius 2 is 1.86 bits per heavy atom. The van der Waals surface area contributed by atoms with Crippen molar-refractivity contribution in [2.24, 2.45) is 5.84 Å². The van der Waals surface area contributed by atoms with Crippen molar-refractivity contribution in [2.45, 2.75) is 6.61 Å². The zero-order valence-electron chi connectivity index (χ0n) is 10.7. The predicted octanol–water partition coefficient (Wildman–Crippen LogP) is 2.74. The van der Waals surface area contributed by atoms with Gasteiger partial charge in [0.05, 0.1) is 10.6 Å². The monoisotopic (exact) mass is 295 g/mol. The Bertz CT molecular complexity index is 659. The zero-order chi connectivity index (χ0) is 15.4. The van der Waals surface area contributed by atoms with Crippen molar-refractivity contribution in [1.29, 1.82) is 0 Å². The number of hydrazine groups is 1. The topological polar surface area (TPSA) is 90.4 Å². The Morgan fingerprint density at radius 3 is 2.43 bits per heavy atom. The molecule has 0 aliphatic heterocycles. The minimum Gasteiger partial charge on any atom is -0.489 e. The van der Waals surface area contributed by atoms with Crippen LogP contribution < -0.4 is 16.0 Å². The number of hydrogen-bond donors (Lipinski definition) is 2. The number of hydrogen-bond acceptors (Lipinski definition) is 5. The predicted molar refractivity (Wildman–Crippen MR) is 71.6 cm³/mol. The van der Waals surface area contributed by atoms with E-state index in [1.807, 2.05) is 0 Å². The van der Waals surface area contributed by atoms with Gasteiger partial charge in [0, 0.05) is 35.9 Å². The van der Waals surface area contributed by atoms with Gasteiger partial charge in [-0.05, 0) is 6.07 Å². The second-order valence-electron chi connectivity index (χ2n) is 4.14. The number of nitrogens with one attached hydrogen (secondary N) is 1. The number of rotatable bonds is 5. The first-order chi connectivity index (χ1) is 9.99. The summed E-state index contributed by atoms with van der Waals surface area (Å²) in [6.07, 6.45) is 0. The minimum atomic E-state index is -0.777. The summed E-state index contributed by atoms with van der Waals surface area (Å²) in [7, 11) is 0. The summed E-state index contributed by atoms with van der Waals surface area (Å²) >= 11 is 0. The van der Waals surface area contributed by atoms with Gasteiger partial charge in [-0.1, -0.05) is 0 Å². The van der Waals surface area contributed by atoms with E-state index in [1.54, 1.807) is 0 Å². The van der Waals surface area contributed by atoms with E-state index in [4.69, 9.17) is 10.6 Å². The van der Waals surface area contributed by atoms with Gasteiger partial charge in [0.1, 0.15) is 24.0 Å². The molecule has 2 aromatic rings. The molecule has 0 aliphatic rings. The fourth-order valence-corrected chi connectivity index (χ4v) is 1.73. The van der Waals surface area contributed by atoms with E-state index in [9.17, 15) is 18.9 Å². The highest BCUT2D eigenvalue weighted by Gasteiger charge is 2.11. The highest BCUT2D eigenvalue weighted by Crippen LogP contribution is 2.24. The molecule has 6 nitrogen and oxygen atoms in total. The van der Waals surface area contributed by atoms with E-state index < -0.39 is 16.6 Å². The van der Waals surface area contributed by atoms with E-state index in [-0.39, 0.29) is 18.0 Å². The van der Waals surface area contributed by atoms with E-state index >= 15 is 0 Å². The molecule has 8 heteroatoms. The molecular weight excluding hydrogens is 284 g/mol. The van der Waals surface area contributed by atoms with E-state index in [0.717, 1.165) is 12.1 Å². The Kier molecular flexibility index (Phi) is 4.29. The van der Waals surface area contributed by atoms with Crippen molar-refractivity contribution in [3.8, 4) is 5.75 Å². The Hall–Kier alpha value is -2.74. The summed E-state index contributed by atoms with van der Waals surface area (Å²) in [6.45, 7) is -0.135. The molecule has 2 rings (SSSR count). The molecule has 3 N–H and O–H groups in total. The lowest BCUT2D eigenvalue weighted by Crippen LogP contribution is -2.11. The van der Waals surface area contributed by atoms with Gasteiger partial charge in [0.2, 0.25) is 0 Å². The molecule has 0 aromatic heterocycles. The number of nitrogen functional groups attached to an aromatic ring is 1. The lowest BCUT2D eigenvalue weighted by atomic mass is 10.1. The third kappa shape index (κ3) is 3.63. The van der Waals surface area contributed by atoms with Gasteiger partial charge in [-0.15, -0.1) is 0 Å². The molecule has 0 aliphatic carbocycles. The molecule has 0 amide bonds. The average molecular weight is 295 g/mol. The normalized spacial score (nSPS) is 10.2. The van der Waals surface area contributed by atoms with Crippen LogP contribution in [-0.2, 0) is 6.61 Å². The van der Waals surface area contributed by atoms with Gasteiger partial charge in [-0.3, -0.25) is 16.0 Å². The van der Waals surface area contributed by atoms with Crippen LogP contribution in [-0.4, -0.2) is 4.92 Å². The minimum absolute atomic E-state index is 0.0259. The van der Waals surface area contributed by atoms with Crippen molar-refractivity contribution in [3.63, 3.8) is 0 Å². The standard InChI is InChI=1S/C13H11F2N3O3/c14-9-4-10(15)6-12(5-9)21-7-8-3-11(18(19)20)1-2-13(8)17-16/h1-6,17H,7,16H2. The van der Waals surface area contributed by atoms with Gasteiger partial charge in [0.25, 0.3) is 5.69 Å². The average Bonchev–Trinajstić information content (AvgIpc) is 2.43. The van der Waals surface area contributed by atoms with Gasteiger partial charge < -0.3 is 10.2 Å². The van der Waals surface area contributed by atoms with E-state index in [1.165, 1.54) is 18.2 Å². The molecule has 0 saturated carbocycles. The van der Waals surface area contributed by atoms with Gasteiger partial charge in [-0.2, -0.15) is 0 Å². The number of halogens is 2. The fourth-order valence-electron chi connectivity index (χ4n) is 1.73. The summed E-state index contributed by atoms with van der Waals surface area (Å²) in [5.41, 5.74) is 3.03. The van der Waals surface area contributed by atoms with Gasteiger partial charge in [-0.25, -0.2) is 8.78 Å². The lowest BCUT2D eigenvalue weighted by molar-refractivity contribution is -0.384. The smallest absolute Gasteiger partial charge is 0.269 e. The molecule has 0 fully saturated rings. The molecule has 21 heavy (non-hydrogen) atoms. The maximum absolute atomic E-state index is 13.0. The largest absolute Gasteiger partial charge is 0.489 e. The summed E-state index contributed by atoms with van der Waals surface area (Å²) in [4.78, 5) is 10.2. The summed E-state index contributed by atoms with van der Waals surface area (Å²) in [6, 6.07) is 6.70. The lowest BCUT2D eigenvalue weighted by Gasteiger charge is -2.10. The number of anilines is 1. The molecule has 0 atom stereocenters. The highest BCUT2D eigenvalue weighted by molar-refractivity contribution is 5.55. The fraction of sp³-hybridized carbons (Fsp3) is 0.0769. The molecule has 0 unspecified atom stereocenters. The molecule has 110 valence electrons. The van der Waals surface area contributed by atoms with Crippen LogP contribution in [0.15, 0.2) is 36.4 Å². The van der Waals surface area contributed by atoms with Gasteiger partial charge >= 0.3 is 0 Å². The SMILES string of the molecule is NNc1ccc([N+](=O)[O-])cc1COc1cc(F)cc(F)c1. The van der Waals surface area contributed by atoms with Gasteiger partial charge in [0.15, 0.2) is 0 Å². The first-order valence-corrected chi connectivity index (χ1v) is 5.82. The molecule has 2 aromatic carbocycles. The number of benzene rings is 2. The van der Waals surface area contributed by atoms with Crippen molar-refractivity contribution in [1.82, 2.24) is 0 Å². The highest BCUT2D eigenvalue weighted by atomic mass is 19.1. The maximum Gasteiger partial charge on any atom is 0.269 e. The molecule has 0 radical (unpaired) electrons. The Labute approximate surface area is 118 Å². The van der Waals surface area contributed by atoms with Crippen LogP contribution in [0.3, 0.4) is 0 Å². The summed E-state index contributed by atoms with van der Waals surface area (Å²) in [5.74, 6) is 3.72. The van der Waals surface area contributed by atoms with Crippen LogP contribution in [0.25, 0.3) is 0 Å². The van der Waals surface area contributed by atoms with Crippen LogP contribution in [0.4, 0.5) is 20.2 Å². The van der Waals surface area contributed by atoms with E-state index in [0.29, 0.717) is 17.3 Å². The zero-order valence-corrected chi connectivity index (χ0v) is 10.7. The summed E-state index contributed by atoms with van der Waals surface area (Å²) in [5, 5.41) is 10.7. The third-order valence-electron chi connectivity index (χ3n) is 2.69. The second kappa shape index (κ2) is 6.14. The number of nitro benzene ring substituents is 1. The number of nitrogens with two attached hydrogens (primary N) is 1. The van der Waals surface area contributed by atoms with E-state index in [2.05, 4.69) is 5.43 Å². The number of ether oxygens (including phenoxy) is 1. The maximum atomic E-state index is 13.0. The second-order valence-corrected chi connectivity index (χ2v) is 4.14. The molecule has 0 saturated heterocycles. The van der Waals surface area contributed by atoms with Crippen LogP contribution in [0, 0.1) is 21.7 Å². The first-order valence-electron chi connectivity index (χ1n) is 5.82. The Balaban J connectivity index is 2.21. The first kappa shape index (κ1) is 14.7. The number of non-ortho nitro benzene ring substituents is 1. The van der Waals surface area contributed by atoms with Crippen LogP contribution >= 0.6 is 0 Å². The molecule has 0 bridgehead atoms. The van der Waals surface area contributed by atoms with Crippen molar-refractivity contribution >= 4 is 11.4 Å². The Morgan fingerprint density at radius 1 is 1.19 bits per heavy atom. The van der Waals surface area contributed by atoms with Crippen molar-refractivity contribution in [3.05, 3.63) is 63.7 Å². The molecule has 0 heterocycles. The summed E-state index contributed by atoms with van der Waals surface area (Å²) < 4.78 is 31.3. The molecular formula is C13H11F2N3O3. The van der Waals surface area contributed by atoms with Crippen LogP contribution in [0.2, 0.25) is 0 Å². The van der Waals surface area contributed by atoms with Crippen LogP contribution in [0.1, 0.15) is 5.56 Å². The van der Waals surface area contributed by atoms with Crippen molar-refractivity contribution in [2.75, 3.05) is 5.43 Å². The van der Waals surface area contributed by atoms with Crippen LogP contribution in [0.5, 0.6) is 5.75 Å². The third-order valence-corrected chi connectivity index (χ3v) is 2.69. The molecule has 0 spiro atoms. The number of nitrogens with zero attached hydrogens (tertiary/aromatic N) is 1. The van der Waals surface area contributed by atoms with Crippen molar-refractivity contribution < 1.29 is 18.4 Å². The quantitative estimate of drug-likeness (QED) is 0.503. The number of nitro groups is 1.